The first-order valence-corrected chi connectivity index (χ1v) is 5.33. The van der Waals surface area contributed by atoms with Crippen molar-refractivity contribution in [1.29, 1.82) is 0 Å². The molecule has 1 N–H and O–H groups in total. The van der Waals surface area contributed by atoms with Crippen LogP contribution in [-0.4, -0.2) is 11.1 Å². The number of allylic oxidation sites excluding steroid dienone is 3. The molecule has 1 unspecified atom stereocenters. The van der Waals surface area contributed by atoms with Gasteiger partial charge in [0.05, 0.1) is 0 Å². The fourth-order valence-electron chi connectivity index (χ4n) is 2.63. The Bertz CT molecular complexity index is 312. The Morgan fingerprint density at radius 1 is 1.64 bits per heavy atom. The van der Waals surface area contributed by atoms with Gasteiger partial charge in [0, 0.05) is 12.0 Å². The molecule has 0 amide bonds. The van der Waals surface area contributed by atoms with E-state index in [9.17, 15) is 4.79 Å². The first-order valence-electron chi connectivity index (χ1n) is 5.33. The van der Waals surface area contributed by atoms with Crippen molar-refractivity contribution in [2.24, 2.45) is 11.8 Å². The van der Waals surface area contributed by atoms with E-state index in [-0.39, 0.29) is 0 Å². The van der Waals surface area contributed by atoms with E-state index in [0.29, 0.717) is 5.92 Å². The molecule has 1 fully saturated rings. The molecule has 1 saturated carbocycles. The van der Waals surface area contributed by atoms with Crippen molar-refractivity contribution < 1.29 is 9.90 Å². The Hall–Kier alpha value is -1.05. The minimum absolute atomic E-state index is 0.465. The van der Waals surface area contributed by atoms with Crippen LogP contribution < -0.4 is 0 Å². The average molecular weight is 192 g/mol. The zero-order chi connectivity index (χ0) is 10.1. The fraction of sp³-hybridized carbons (Fsp3) is 0.583. The predicted molar refractivity (Wildman–Crippen MR) is 54.9 cm³/mol. The lowest BCUT2D eigenvalue weighted by Crippen LogP contribution is -2.24. The Morgan fingerprint density at radius 2 is 2.43 bits per heavy atom. The van der Waals surface area contributed by atoms with E-state index in [1.54, 1.807) is 0 Å². The van der Waals surface area contributed by atoms with E-state index < -0.39 is 5.97 Å². The van der Waals surface area contributed by atoms with Gasteiger partial charge < -0.3 is 5.11 Å². The van der Waals surface area contributed by atoms with Gasteiger partial charge in [0.25, 0.3) is 0 Å². The summed E-state index contributed by atoms with van der Waals surface area (Å²) in [6.07, 6.45) is 8.28. The zero-order valence-corrected chi connectivity index (χ0v) is 8.49. The molecule has 76 valence electrons. The Kier molecular flexibility index (Phi) is 2.44. The molecule has 2 aliphatic rings. The maximum absolute atomic E-state index is 10.5. The van der Waals surface area contributed by atoms with E-state index >= 15 is 0 Å². The third kappa shape index (κ3) is 1.61. The number of rotatable bonds is 3. The maximum Gasteiger partial charge on any atom is 0.328 e. The van der Waals surface area contributed by atoms with Crippen LogP contribution in [0.1, 0.15) is 32.6 Å². The van der Waals surface area contributed by atoms with Crippen LogP contribution in [0.5, 0.6) is 0 Å². The third-order valence-corrected chi connectivity index (χ3v) is 3.25. The summed E-state index contributed by atoms with van der Waals surface area (Å²) < 4.78 is 0. The van der Waals surface area contributed by atoms with Gasteiger partial charge in [-0.1, -0.05) is 30.6 Å². The van der Waals surface area contributed by atoms with Gasteiger partial charge in [-0.05, 0) is 25.2 Å². The lowest BCUT2D eigenvalue weighted by atomic mass is 9.71. The number of aliphatic carboxylic acids is 1. The normalized spacial score (nSPS) is 32.4. The standard InChI is InChI=1S/C12H16O2/c1-2-3-8-4-9-6-10(7-12(13)14)11(9)5-8/h5,7,9,11H,2-4,6H2,1H3,(H,13,14)/t9?,11-/m0/s1. The summed E-state index contributed by atoms with van der Waals surface area (Å²) in [5.41, 5.74) is 2.66. The lowest BCUT2D eigenvalue weighted by Gasteiger charge is -2.33. The summed E-state index contributed by atoms with van der Waals surface area (Å²) in [7, 11) is 0. The highest BCUT2D eigenvalue weighted by molar-refractivity contribution is 5.81. The topological polar surface area (TPSA) is 37.3 Å². The van der Waals surface area contributed by atoms with Crippen molar-refractivity contribution in [2.45, 2.75) is 32.6 Å². The minimum Gasteiger partial charge on any atom is -0.478 e. The molecule has 0 aliphatic heterocycles. The fourth-order valence-corrected chi connectivity index (χ4v) is 2.63. The first-order chi connectivity index (χ1) is 6.70. The van der Waals surface area contributed by atoms with Gasteiger partial charge in [0.15, 0.2) is 0 Å². The van der Waals surface area contributed by atoms with Crippen LogP contribution in [-0.2, 0) is 4.79 Å². The van der Waals surface area contributed by atoms with Gasteiger partial charge in [0.1, 0.15) is 0 Å². The predicted octanol–water partition coefficient (Wildman–Crippen LogP) is 2.76. The summed E-state index contributed by atoms with van der Waals surface area (Å²) in [6, 6.07) is 0. The van der Waals surface area contributed by atoms with Crippen LogP contribution in [0.15, 0.2) is 23.3 Å². The molecule has 14 heavy (non-hydrogen) atoms. The summed E-state index contributed by atoms with van der Waals surface area (Å²) in [4.78, 5) is 10.5. The van der Waals surface area contributed by atoms with Crippen LogP contribution in [0, 0.1) is 11.8 Å². The number of hydrogen-bond donors (Lipinski definition) is 1. The van der Waals surface area contributed by atoms with Gasteiger partial charge in [0.2, 0.25) is 0 Å². The van der Waals surface area contributed by atoms with Crippen LogP contribution in [0.3, 0.4) is 0 Å². The highest BCUT2D eigenvalue weighted by Gasteiger charge is 2.38. The highest BCUT2D eigenvalue weighted by Crippen LogP contribution is 2.50. The molecule has 2 atom stereocenters. The second-order valence-electron chi connectivity index (χ2n) is 4.33. The van der Waals surface area contributed by atoms with Gasteiger partial charge in [-0.2, -0.15) is 0 Å². The molecule has 0 aromatic heterocycles. The molecule has 0 saturated heterocycles. The van der Waals surface area contributed by atoms with E-state index in [2.05, 4.69) is 13.0 Å². The molecule has 0 spiro atoms. The monoisotopic (exact) mass is 192 g/mol. The number of fused-ring (bicyclic) bond motifs is 1. The molecule has 0 bridgehead atoms. The van der Waals surface area contributed by atoms with Gasteiger partial charge in [-0.25, -0.2) is 4.79 Å². The molecule has 0 radical (unpaired) electrons. The van der Waals surface area contributed by atoms with Crippen LogP contribution >= 0.6 is 0 Å². The van der Waals surface area contributed by atoms with Gasteiger partial charge >= 0.3 is 5.97 Å². The first kappa shape index (κ1) is 9.50. The summed E-state index contributed by atoms with van der Waals surface area (Å²) in [5.74, 6) is 0.394. The summed E-state index contributed by atoms with van der Waals surface area (Å²) in [6.45, 7) is 2.19. The number of carboxylic acids is 1. The zero-order valence-electron chi connectivity index (χ0n) is 8.49. The third-order valence-electron chi connectivity index (χ3n) is 3.25. The smallest absolute Gasteiger partial charge is 0.328 e. The molecule has 2 aliphatic carbocycles. The lowest BCUT2D eigenvalue weighted by molar-refractivity contribution is -0.131. The van der Waals surface area contributed by atoms with Gasteiger partial charge in [-0.15, -0.1) is 0 Å². The molecular formula is C12H16O2. The Morgan fingerprint density at radius 3 is 3.07 bits per heavy atom. The van der Waals surface area contributed by atoms with E-state index in [1.807, 2.05) is 0 Å². The highest BCUT2D eigenvalue weighted by atomic mass is 16.4. The SMILES string of the molecule is CCCC1=C[C@@H]2C(=CC(=O)O)CC2C1. The summed E-state index contributed by atoms with van der Waals surface area (Å²) >= 11 is 0. The summed E-state index contributed by atoms with van der Waals surface area (Å²) in [5, 5.41) is 8.64. The Labute approximate surface area is 84.3 Å². The van der Waals surface area contributed by atoms with Crippen molar-refractivity contribution in [2.75, 3.05) is 0 Å². The second-order valence-corrected chi connectivity index (χ2v) is 4.33. The molecule has 2 heteroatoms. The minimum atomic E-state index is -0.796. The van der Waals surface area contributed by atoms with Gasteiger partial charge in [-0.3, -0.25) is 0 Å². The van der Waals surface area contributed by atoms with Crippen LogP contribution in [0.4, 0.5) is 0 Å². The van der Waals surface area contributed by atoms with Crippen molar-refractivity contribution in [1.82, 2.24) is 0 Å². The quantitative estimate of drug-likeness (QED) is 0.551. The van der Waals surface area contributed by atoms with Crippen LogP contribution in [0.2, 0.25) is 0 Å². The molecule has 0 aromatic rings. The van der Waals surface area contributed by atoms with Crippen molar-refractivity contribution >= 4 is 5.97 Å². The second kappa shape index (κ2) is 3.60. The van der Waals surface area contributed by atoms with E-state index in [0.717, 1.165) is 17.9 Å². The molecule has 2 nitrogen and oxygen atoms in total. The number of carbonyl (C=O) groups is 1. The number of hydrogen-bond acceptors (Lipinski definition) is 1. The molecular weight excluding hydrogens is 176 g/mol. The van der Waals surface area contributed by atoms with E-state index in [4.69, 9.17) is 5.11 Å². The molecule has 2 rings (SSSR count). The average Bonchev–Trinajstić information content (AvgIpc) is 2.41. The molecule has 0 aromatic carbocycles. The van der Waals surface area contributed by atoms with Crippen LogP contribution in [0.25, 0.3) is 0 Å². The van der Waals surface area contributed by atoms with E-state index in [1.165, 1.54) is 30.9 Å². The van der Waals surface area contributed by atoms with Crippen molar-refractivity contribution in [3.8, 4) is 0 Å². The number of carboxylic acid groups (broad SMARTS) is 1. The largest absolute Gasteiger partial charge is 0.478 e. The molecule has 0 heterocycles. The Balaban J connectivity index is 2.02. The van der Waals surface area contributed by atoms with Crippen molar-refractivity contribution in [3.63, 3.8) is 0 Å². The maximum atomic E-state index is 10.5. The van der Waals surface area contributed by atoms with Crippen molar-refractivity contribution in [3.05, 3.63) is 23.3 Å².